The normalized spacial score (nSPS) is 14.2. The molecule has 0 N–H and O–H groups in total. The third kappa shape index (κ3) is 5.52. The van der Waals surface area contributed by atoms with Gasteiger partial charge in [-0.15, -0.1) is 0 Å². The zero-order valence-electron chi connectivity index (χ0n) is 7.27. The second-order valence-corrected chi connectivity index (χ2v) is 19.5. The van der Waals surface area contributed by atoms with Crippen LogP contribution in [0, 0.1) is 5.92 Å². The quantitative estimate of drug-likeness (QED) is 0.732. The molecule has 0 aromatic rings. The van der Waals surface area contributed by atoms with Gasteiger partial charge in [-0.3, -0.25) is 0 Å². The summed E-state index contributed by atoms with van der Waals surface area (Å²) >= 11 is 0. The first kappa shape index (κ1) is 12.9. The summed E-state index contributed by atoms with van der Waals surface area (Å²) in [5.74, 6) is -0.153. The van der Waals surface area contributed by atoms with Crippen molar-refractivity contribution in [1.82, 2.24) is 4.90 Å². The molecule has 12 heavy (non-hydrogen) atoms. The first-order valence-electron chi connectivity index (χ1n) is 3.52. The van der Waals surface area contributed by atoms with Crippen LogP contribution in [0.25, 0.3) is 0 Å². The molecule has 0 aliphatic rings. The molecule has 6 heteroatoms. The van der Waals surface area contributed by atoms with E-state index in [-0.39, 0.29) is 11.8 Å². The van der Waals surface area contributed by atoms with E-state index in [0.717, 1.165) is 0 Å². The Balaban J connectivity index is 4.05. The molecule has 0 heterocycles. The Morgan fingerprint density at radius 3 is 2.08 bits per heavy atom. The minimum absolute atomic E-state index is 0.0203. The number of rotatable bonds is 3. The zero-order chi connectivity index (χ0) is 9.94. The Labute approximate surface area is 88.1 Å². The van der Waals surface area contributed by atoms with Crippen molar-refractivity contribution < 1.29 is 4.79 Å². The van der Waals surface area contributed by atoms with Gasteiger partial charge in [-0.1, -0.05) is 0 Å². The van der Waals surface area contributed by atoms with E-state index in [4.69, 9.17) is 30.0 Å². The fraction of sp³-hybridized carbons (Fsp3) is 0.833. The molecule has 0 aliphatic heterocycles. The second kappa shape index (κ2) is 4.94. The number of halogens is 3. The first-order valence-corrected chi connectivity index (χ1v) is 13.3. The Morgan fingerprint density at radius 1 is 1.42 bits per heavy atom. The van der Waals surface area contributed by atoms with E-state index in [1.165, 1.54) is 4.90 Å². The van der Waals surface area contributed by atoms with Crippen molar-refractivity contribution in [3.63, 3.8) is 0 Å². The van der Waals surface area contributed by atoms with Crippen molar-refractivity contribution in [3.05, 3.63) is 0 Å². The van der Waals surface area contributed by atoms with Crippen LogP contribution in [0.2, 0.25) is 5.25 Å². The van der Waals surface area contributed by atoms with Crippen LogP contribution in [0.1, 0.15) is 6.92 Å². The molecular weight excluding hydrogens is 281 g/mol. The van der Waals surface area contributed by atoms with Crippen molar-refractivity contribution in [2.24, 2.45) is 5.92 Å². The van der Waals surface area contributed by atoms with Crippen LogP contribution in [0.4, 0.5) is 0 Å². The van der Waals surface area contributed by atoms with Crippen LogP contribution in [-0.2, 0) is 4.79 Å². The maximum atomic E-state index is 11.3. The number of carbonyl (C=O) groups is 1. The van der Waals surface area contributed by atoms with Gasteiger partial charge in [-0.05, 0) is 0 Å². The molecule has 1 unspecified atom stereocenters. The molecule has 0 rings (SSSR count). The second-order valence-electron chi connectivity index (χ2n) is 2.95. The van der Waals surface area contributed by atoms with E-state index in [1.54, 1.807) is 21.0 Å². The van der Waals surface area contributed by atoms with E-state index in [1.807, 2.05) is 0 Å². The van der Waals surface area contributed by atoms with Gasteiger partial charge in [-0.25, -0.2) is 0 Å². The maximum absolute atomic E-state index is 11.3. The molecule has 0 saturated carbocycles. The molecule has 0 radical (unpaired) electrons. The van der Waals surface area contributed by atoms with E-state index >= 15 is 0 Å². The van der Waals surface area contributed by atoms with E-state index in [0.29, 0.717) is 5.25 Å². The molecule has 0 fully saturated rings. The average Bonchev–Trinajstić information content (AvgIpc) is 1.82. The van der Waals surface area contributed by atoms with Crippen molar-refractivity contribution in [1.29, 1.82) is 0 Å². The molecule has 1 amide bonds. The van der Waals surface area contributed by atoms with E-state index in [2.05, 4.69) is 0 Å². The summed E-state index contributed by atoms with van der Waals surface area (Å²) < 4.78 is 0. The SMILES string of the molecule is CC([CH2][Ge]([Cl])([Cl])[Cl])C(=O)N(C)C. The standard InChI is InChI=1S/C6H12Cl3GeNO/c1-5(4-10(7,8)9)6(12)11(2)3/h5H,4H2,1-3H3. The molecule has 0 aromatic heterocycles. The van der Waals surface area contributed by atoms with Crippen LogP contribution >= 0.6 is 30.0 Å². The molecule has 0 bridgehead atoms. The summed E-state index contributed by atoms with van der Waals surface area (Å²) in [6, 6.07) is 0. The Kier molecular flexibility index (Phi) is 5.30. The summed E-state index contributed by atoms with van der Waals surface area (Å²) in [7, 11) is 17.4. The number of hydrogen-bond acceptors (Lipinski definition) is 1. The summed E-state index contributed by atoms with van der Waals surface area (Å²) in [4.78, 5) is 12.8. The minimum atomic E-state index is -3.12. The van der Waals surface area contributed by atoms with E-state index < -0.39 is 10.5 Å². The molecule has 2 nitrogen and oxygen atoms in total. The Morgan fingerprint density at radius 2 is 1.83 bits per heavy atom. The van der Waals surface area contributed by atoms with Crippen LogP contribution in [-0.4, -0.2) is 35.4 Å². The number of hydrogen-bond donors (Lipinski definition) is 0. The van der Waals surface area contributed by atoms with Gasteiger partial charge in [0.25, 0.3) is 0 Å². The predicted molar refractivity (Wildman–Crippen MR) is 56.0 cm³/mol. The van der Waals surface area contributed by atoms with Gasteiger partial charge in [0.15, 0.2) is 0 Å². The Hall–Kier alpha value is 0.883. The summed E-state index contributed by atoms with van der Waals surface area (Å²) in [5.41, 5.74) is 0. The first-order chi connectivity index (χ1) is 5.24. The van der Waals surface area contributed by atoms with Crippen LogP contribution < -0.4 is 0 Å². The van der Waals surface area contributed by atoms with Crippen molar-refractivity contribution >= 4 is 46.4 Å². The summed E-state index contributed by atoms with van der Waals surface area (Å²) in [6.07, 6.45) is 0. The van der Waals surface area contributed by atoms with Crippen molar-refractivity contribution in [3.8, 4) is 0 Å². The van der Waals surface area contributed by atoms with Gasteiger partial charge in [0, 0.05) is 0 Å². The fourth-order valence-electron chi connectivity index (χ4n) is 0.875. The third-order valence-electron chi connectivity index (χ3n) is 1.40. The third-order valence-corrected chi connectivity index (χ3v) is 6.06. The molecule has 0 saturated heterocycles. The van der Waals surface area contributed by atoms with Gasteiger partial charge in [-0.2, -0.15) is 0 Å². The van der Waals surface area contributed by atoms with Crippen molar-refractivity contribution in [2.75, 3.05) is 14.1 Å². The molecule has 0 spiro atoms. The predicted octanol–water partition coefficient (Wildman–Crippen LogP) is 2.37. The number of carbonyl (C=O) groups excluding carboxylic acids is 1. The van der Waals surface area contributed by atoms with Gasteiger partial charge in [0.05, 0.1) is 0 Å². The summed E-state index contributed by atoms with van der Waals surface area (Å²) in [6.45, 7) is 1.79. The van der Waals surface area contributed by atoms with E-state index in [9.17, 15) is 4.79 Å². The monoisotopic (exact) mass is 293 g/mol. The number of nitrogens with zero attached hydrogens (tertiary/aromatic N) is 1. The average molecular weight is 293 g/mol. The summed E-state index contributed by atoms with van der Waals surface area (Å²) in [5, 5.41) is 0.432. The fourth-order valence-corrected chi connectivity index (χ4v) is 6.31. The molecule has 72 valence electrons. The van der Waals surface area contributed by atoms with Crippen LogP contribution in [0.5, 0.6) is 0 Å². The van der Waals surface area contributed by atoms with Gasteiger partial charge >= 0.3 is 88.3 Å². The van der Waals surface area contributed by atoms with Gasteiger partial charge in [0.1, 0.15) is 0 Å². The molecule has 0 aromatic carbocycles. The number of amides is 1. The topological polar surface area (TPSA) is 20.3 Å². The molecule has 0 aliphatic carbocycles. The van der Waals surface area contributed by atoms with Gasteiger partial charge in [0.2, 0.25) is 0 Å². The molecule has 1 atom stereocenters. The molecular formula is C6H12Cl3GeNO. The van der Waals surface area contributed by atoms with Crippen LogP contribution in [0.3, 0.4) is 0 Å². The van der Waals surface area contributed by atoms with Crippen molar-refractivity contribution in [2.45, 2.75) is 12.2 Å². The van der Waals surface area contributed by atoms with Gasteiger partial charge < -0.3 is 0 Å². The van der Waals surface area contributed by atoms with Crippen LogP contribution in [0.15, 0.2) is 0 Å². The zero-order valence-corrected chi connectivity index (χ0v) is 11.6. The Bertz CT molecular complexity index is 169.